The summed E-state index contributed by atoms with van der Waals surface area (Å²) in [7, 11) is 0. The number of nitrogens with one attached hydrogen (secondary N) is 1. The Hall–Kier alpha value is -2.80. The third-order valence-electron chi connectivity index (χ3n) is 3.62. The first-order valence-electron chi connectivity index (χ1n) is 8.16. The number of fused-ring (bicyclic) bond motifs is 1. The summed E-state index contributed by atoms with van der Waals surface area (Å²) < 4.78 is 19.5. The number of esters is 1. The predicted molar refractivity (Wildman–Crippen MR) is 98.5 cm³/mol. The summed E-state index contributed by atoms with van der Waals surface area (Å²) in [5, 5.41) is 3.33. The lowest BCUT2D eigenvalue weighted by Crippen LogP contribution is -2.21. The zero-order chi connectivity index (χ0) is 18.4. The van der Waals surface area contributed by atoms with Gasteiger partial charge in [0.05, 0.1) is 20.9 Å². The van der Waals surface area contributed by atoms with E-state index in [-0.39, 0.29) is 12.1 Å². The highest BCUT2D eigenvalue weighted by Crippen LogP contribution is 2.22. The molecule has 0 radical (unpaired) electrons. The van der Waals surface area contributed by atoms with Crippen molar-refractivity contribution >= 4 is 39.1 Å². The Balaban J connectivity index is 1.38. The van der Waals surface area contributed by atoms with E-state index in [4.69, 9.17) is 4.74 Å². The fraction of sp³-hybridized carbons (Fsp3) is 0.211. The fourth-order valence-corrected chi connectivity index (χ4v) is 3.39. The average molecular weight is 372 g/mol. The Labute approximate surface area is 153 Å². The molecule has 1 N–H and O–H groups in total. The molecule has 134 valence electrons. The predicted octanol–water partition coefficient (Wildman–Crippen LogP) is 3.94. The molecule has 26 heavy (non-hydrogen) atoms. The zero-order valence-corrected chi connectivity index (χ0v) is 14.7. The van der Waals surface area contributed by atoms with Crippen molar-refractivity contribution in [3.8, 4) is 0 Å². The molecule has 1 amide bonds. The number of hydrogen-bond donors (Lipinski definition) is 1. The first-order chi connectivity index (χ1) is 12.6. The molecular formula is C19H17FN2O3S. The van der Waals surface area contributed by atoms with Gasteiger partial charge in [0, 0.05) is 6.42 Å². The van der Waals surface area contributed by atoms with Crippen LogP contribution in [0.4, 0.5) is 10.1 Å². The lowest BCUT2D eigenvalue weighted by atomic mass is 10.2. The van der Waals surface area contributed by atoms with E-state index in [2.05, 4.69) is 10.3 Å². The molecule has 2 aromatic carbocycles. The van der Waals surface area contributed by atoms with Crippen LogP contribution in [0.25, 0.3) is 10.2 Å². The van der Waals surface area contributed by atoms with E-state index in [1.54, 1.807) is 17.4 Å². The van der Waals surface area contributed by atoms with Gasteiger partial charge in [0.15, 0.2) is 6.61 Å². The molecule has 3 aromatic rings. The number of rotatable bonds is 7. The maximum absolute atomic E-state index is 13.4. The SMILES string of the molecule is O=C(COC(=O)CCCc1nc2ccccc2s1)Nc1ccccc1F. The van der Waals surface area contributed by atoms with Crippen molar-refractivity contribution in [2.45, 2.75) is 19.3 Å². The van der Waals surface area contributed by atoms with Crippen LogP contribution < -0.4 is 5.32 Å². The molecule has 0 fully saturated rings. The summed E-state index contributed by atoms with van der Waals surface area (Å²) in [5.41, 5.74) is 1.02. The topological polar surface area (TPSA) is 68.3 Å². The first-order valence-corrected chi connectivity index (χ1v) is 8.98. The van der Waals surface area contributed by atoms with E-state index in [9.17, 15) is 14.0 Å². The maximum atomic E-state index is 13.4. The minimum absolute atomic E-state index is 0.0596. The summed E-state index contributed by atoms with van der Waals surface area (Å²) in [6.45, 7) is -0.436. The van der Waals surface area contributed by atoms with E-state index in [1.165, 1.54) is 18.2 Å². The number of thiazole rings is 1. The van der Waals surface area contributed by atoms with Crippen LogP contribution in [0.5, 0.6) is 0 Å². The minimum Gasteiger partial charge on any atom is -0.456 e. The molecular weight excluding hydrogens is 355 g/mol. The van der Waals surface area contributed by atoms with Gasteiger partial charge in [-0.05, 0) is 37.1 Å². The average Bonchev–Trinajstić information content (AvgIpc) is 3.05. The molecule has 0 aliphatic rings. The second-order valence-electron chi connectivity index (χ2n) is 5.62. The van der Waals surface area contributed by atoms with Gasteiger partial charge in [0.25, 0.3) is 5.91 Å². The van der Waals surface area contributed by atoms with Crippen LogP contribution in [0.3, 0.4) is 0 Å². The number of carbonyl (C=O) groups is 2. The van der Waals surface area contributed by atoms with E-state index in [1.807, 2.05) is 24.3 Å². The molecule has 0 aliphatic carbocycles. The minimum atomic E-state index is -0.574. The van der Waals surface area contributed by atoms with Crippen LogP contribution in [-0.2, 0) is 20.7 Å². The molecule has 7 heteroatoms. The molecule has 0 saturated heterocycles. The van der Waals surface area contributed by atoms with E-state index in [0.717, 1.165) is 15.2 Å². The van der Waals surface area contributed by atoms with Crippen molar-refractivity contribution in [1.29, 1.82) is 0 Å². The van der Waals surface area contributed by atoms with Gasteiger partial charge < -0.3 is 10.1 Å². The van der Waals surface area contributed by atoms with Crippen LogP contribution in [-0.4, -0.2) is 23.5 Å². The number of hydrogen-bond acceptors (Lipinski definition) is 5. The fourth-order valence-electron chi connectivity index (χ4n) is 2.38. The Morgan fingerprint density at radius 1 is 1.12 bits per heavy atom. The Kier molecular flexibility index (Phi) is 5.91. The number of para-hydroxylation sites is 2. The standard InChI is InChI=1S/C19H17FN2O3S/c20-13-6-1-2-7-14(13)21-17(23)12-25-19(24)11-5-10-18-22-15-8-3-4-9-16(15)26-18/h1-4,6-9H,5,10-12H2,(H,21,23). The van der Waals surface area contributed by atoms with Gasteiger partial charge >= 0.3 is 5.97 Å². The second-order valence-corrected chi connectivity index (χ2v) is 6.73. The molecule has 0 bridgehead atoms. The molecule has 0 spiro atoms. The number of anilines is 1. The van der Waals surface area contributed by atoms with Crippen molar-refractivity contribution in [2.75, 3.05) is 11.9 Å². The molecule has 1 aromatic heterocycles. The number of carbonyl (C=O) groups excluding carboxylic acids is 2. The zero-order valence-electron chi connectivity index (χ0n) is 13.9. The summed E-state index contributed by atoms with van der Waals surface area (Å²) >= 11 is 1.61. The van der Waals surface area contributed by atoms with Gasteiger partial charge in [0.1, 0.15) is 5.82 Å². The number of aryl methyl sites for hydroxylation is 1. The van der Waals surface area contributed by atoms with Crippen molar-refractivity contribution in [3.05, 3.63) is 59.4 Å². The van der Waals surface area contributed by atoms with Gasteiger partial charge in [-0.3, -0.25) is 9.59 Å². The number of aromatic nitrogens is 1. The Morgan fingerprint density at radius 2 is 1.88 bits per heavy atom. The molecule has 0 atom stereocenters. The molecule has 0 aliphatic heterocycles. The van der Waals surface area contributed by atoms with E-state index in [0.29, 0.717) is 12.8 Å². The second kappa shape index (κ2) is 8.53. The van der Waals surface area contributed by atoms with Crippen molar-refractivity contribution in [2.24, 2.45) is 0 Å². The molecule has 5 nitrogen and oxygen atoms in total. The Morgan fingerprint density at radius 3 is 2.69 bits per heavy atom. The number of ether oxygens (including phenoxy) is 1. The van der Waals surface area contributed by atoms with Gasteiger partial charge in [-0.25, -0.2) is 9.37 Å². The smallest absolute Gasteiger partial charge is 0.306 e. The van der Waals surface area contributed by atoms with Crippen LogP contribution in [0.1, 0.15) is 17.8 Å². The van der Waals surface area contributed by atoms with Crippen molar-refractivity contribution < 1.29 is 18.7 Å². The number of nitrogens with zero attached hydrogens (tertiary/aromatic N) is 1. The normalized spacial score (nSPS) is 10.7. The number of halogens is 1. The third kappa shape index (κ3) is 4.86. The first kappa shape index (κ1) is 18.0. The van der Waals surface area contributed by atoms with Crippen molar-refractivity contribution in [3.63, 3.8) is 0 Å². The lowest BCUT2D eigenvalue weighted by Gasteiger charge is -2.07. The monoisotopic (exact) mass is 372 g/mol. The highest BCUT2D eigenvalue weighted by molar-refractivity contribution is 7.18. The molecule has 0 unspecified atom stereocenters. The molecule has 0 saturated carbocycles. The quantitative estimate of drug-likeness (QED) is 0.638. The van der Waals surface area contributed by atoms with Gasteiger partial charge in [-0.15, -0.1) is 11.3 Å². The third-order valence-corrected chi connectivity index (χ3v) is 4.72. The Bertz CT molecular complexity index is 893. The number of amides is 1. The summed E-state index contributed by atoms with van der Waals surface area (Å²) in [6.07, 6.45) is 1.46. The van der Waals surface area contributed by atoms with E-state index >= 15 is 0 Å². The van der Waals surface area contributed by atoms with Gasteiger partial charge in [0.2, 0.25) is 0 Å². The lowest BCUT2D eigenvalue weighted by molar-refractivity contribution is -0.147. The van der Waals surface area contributed by atoms with E-state index < -0.39 is 24.3 Å². The molecule has 3 rings (SSSR count). The van der Waals surface area contributed by atoms with Crippen LogP contribution in [0.15, 0.2) is 48.5 Å². The highest BCUT2D eigenvalue weighted by Gasteiger charge is 2.10. The van der Waals surface area contributed by atoms with Gasteiger partial charge in [-0.2, -0.15) is 0 Å². The van der Waals surface area contributed by atoms with Crippen LogP contribution in [0.2, 0.25) is 0 Å². The maximum Gasteiger partial charge on any atom is 0.306 e. The van der Waals surface area contributed by atoms with Crippen LogP contribution in [0, 0.1) is 5.82 Å². The van der Waals surface area contributed by atoms with Gasteiger partial charge in [-0.1, -0.05) is 24.3 Å². The summed E-state index contributed by atoms with van der Waals surface area (Å²) in [4.78, 5) is 27.9. The van der Waals surface area contributed by atoms with Crippen LogP contribution >= 0.6 is 11.3 Å². The summed E-state index contributed by atoms with van der Waals surface area (Å²) in [5.74, 6) is -1.58. The number of benzene rings is 2. The summed E-state index contributed by atoms with van der Waals surface area (Å²) in [6, 6.07) is 13.7. The molecule has 1 heterocycles. The highest BCUT2D eigenvalue weighted by atomic mass is 32.1. The van der Waals surface area contributed by atoms with Crippen molar-refractivity contribution in [1.82, 2.24) is 4.98 Å². The largest absolute Gasteiger partial charge is 0.456 e.